The number of nitriles is 1. The van der Waals surface area contributed by atoms with Gasteiger partial charge in [0.2, 0.25) is 5.16 Å². The van der Waals surface area contributed by atoms with Gasteiger partial charge in [0.05, 0.1) is 16.5 Å². The van der Waals surface area contributed by atoms with E-state index in [0.29, 0.717) is 16.5 Å². The third-order valence-corrected chi connectivity index (χ3v) is 5.97. The molecule has 0 atom stereocenters. The van der Waals surface area contributed by atoms with Gasteiger partial charge in [0.25, 0.3) is 0 Å². The molecule has 5 nitrogen and oxygen atoms in total. The van der Waals surface area contributed by atoms with Crippen molar-refractivity contribution in [2.75, 3.05) is 5.84 Å². The van der Waals surface area contributed by atoms with Crippen LogP contribution < -0.4 is 5.84 Å². The zero-order valence-corrected chi connectivity index (χ0v) is 15.9. The molecule has 2 aromatic heterocycles. The highest BCUT2D eigenvalue weighted by atomic mass is 32.2. The maximum absolute atomic E-state index is 9.26. The van der Waals surface area contributed by atoms with Crippen molar-refractivity contribution in [3.63, 3.8) is 0 Å². The molecule has 2 N–H and O–H groups in total. The van der Waals surface area contributed by atoms with E-state index in [9.17, 15) is 5.26 Å². The van der Waals surface area contributed by atoms with Crippen LogP contribution in [-0.2, 0) is 5.75 Å². The third-order valence-electron chi connectivity index (χ3n) is 4.09. The van der Waals surface area contributed by atoms with Gasteiger partial charge in [0.1, 0.15) is 0 Å². The summed E-state index contributed by atoms with van der Waals surface area (Å²) in [5, 5.41) is 20.3. The number of rotatable bonds is 5. The molecule has 4 aromatic rings. The molecule has 2 aromatic carbocycles. The summed E-state index contributed by atoms with van der Waals surface area (Å²) in [5.41, 5.74) is 3.81. The predicted octanol–water partition coefficient (Wildman–Crippen LogP) is 4.55. The summed E-state index contributed by atoms with van der Waals surface area (Å²) < 4.78 is 1.54. The van der Waals surface area contributed by atoms with Crippen LogP contribution in [-0.4, -0.2) is 14.9 Å². The Morgan fingerprint density at radius 1 is 1.04 bits per heavy atom. The Morgan fingerprint density at radius 2 is 1.85 bits per heavy atom. The Bertz CT molecular complexity index is 1090. The zero-order chi connectivity index (χ0) is 18.6. The molecule has 0 bridgehead atoms. The first-order chi connectivity index (χ1) is 13.3. The maximum Gasteiger partial charge on any atom is 0.210 e. The van der Waals surface area contributed by atoms with Crippen LogP contribution in [0, 0.1) is 11.3 Å². The first-order valence-electron chi connectivity index (χ1n) is 8.22. The number of nitrogens with zero attached hydrogens (tertiary/aromatic N) is 4. The lowest BCUT2D eigenvalue weighted by Crippen LogP contribution is -2.11. The highest BCUT2D eigenvalue weighted by Gasteiger charge is 2.13. The number of nitrogen functional groups attached to an aromatic ring is 1. The van der Waals surface area contributed by atoms with Gasteiger partial charge in [-0.05, 0) is 34.2 Å². The van der Waals surface area contributed by atoms with Crippen LogP contribution in [0.25, 0.3) is 21.8 Å². The van der Waals surface area contributed by atoms with Gasteiger partial charge in [0.15, 0.2) is 5.82 Å². The molecule has 27 heavy (non-hydrogen) atoms. The minimum Gasteiger partial charge on any atom is -0.335 e. The van der Waals surface area contributed by atoms with E-state index < -0.39 is 0 Å². The zero-order valence-electron chi connectivity index (χ0n) is 14.2. The van der Waals surface area contributed by atoms with Crippen LogP contribution in [0.5, 0.6) is 0 Å². The normalized spacial score (nSPS) is 10.6. The number of nitrogens with two attached hydrogens (primary N) is 1. The van der Waals surface area contributed by atoms with E-state index in [2.05, 4.69) is 28.4 Å². The lowest BCUT2D eigenvalue weighted by molar-refractivity contribution is 0.850. The first-order valence-corrected chi connectivity index (χ1v) is 10.1. The molecular weight excluding hydrogens is 374 g/mol. The summed E-state index contributed by atoms with van der Waals surface area (Å²) in [7, 11) is 0. The lowest BCUT2D eigenvalue weighted by Gasteiger charge is -2.06. The average molecular weight is 390 g/mol. The summed E-state index contributed by atoms with van der Waals surface area (Å²) in [6, 6.07) is 22.0. The molecule has 0 aliphatic rings. The molecule has 0 spiro atoms. The van der Waals surface area contributed by atoms with Gasteiger partial charge in [-0.2, -0.15) is 5.26 Å². The minimum absolute atomic E-state index is 0.677. The van der Waals surface area contributed by atoms with Gasteiger partial charge < -0.3 is 5.84 Å². The highest BCUT2D eigenvalue weighted by Crippen LogP contribution is 2.28. The molecule has 0 amide bonds. The molecule has 0 radical (unpaired) electrons. The molecule has 0 aliphatic carbocycles. The number of thioether (sulfide) groups is 1. The fourth-order valence-electron chi connectivity index (χ4n) is 2.71. The van der Waals surface area contributed by atoms with Gasteiger partial charge >= 0.3 is 0 Å². The molecule has 0 aliphatic heterocycles. The van der Waals surface area contributed by atoms with Gasteiger partial charge in [-0.3, -0.25) is 0 Å². The second-order valence-corrected chi connectivity index (χ2v) is 7.69. The Balaban J connectivity index is 1.48. The van der Waals surface area contributed by atoms with Gasteiger partial charge in [-0.15, -0.1) is 21.5 Å². The van der Waals surface area contributed by atoms with Crippen molar-refractivity contribution in [3.05, 3.63) is 77.2 Å². The van der Waals surface area contributed by atoms with Crippen molar-refractivity contribution >= 4 is 23.1 Å². The molecule has 2 heterocycles. The van der Waals surface area contributed by atoms with Crippen molar-refractivity contribution in [1.29, 1.82) is 5.26 Å². The Kier molecular flexibility index (Phi) is 4.92. The van der Waals surface area contributed by atoms with Crippen molar-refractivity contribution in [3.8, 4) is 27.9 Å². The van der Waals surface area contributed by atoms with Crippen LogP contribution in [0.1, 0.15) is 11.1 Å². The largest absolute Gasteiger partial charge is 0.335 e. The van der Waals surface area contributed by atoms with Crippen LogP contribution in [0.3, 0.4) is 0 Å². The molecule has 0 fully saturated rings. The van der Waals surface area contributed by atoms with E-state index in [-0.39, 0.29) is 0 Å². The van der Waals surface area contributed by atoms with Crippen molar-refractivity contribution in [1.82, 2.24) is 14.9 Å². The summed E-state index contributed by atoms with van der Waals surface area (Å²) in [6.07, 6.45) is 0. The third kappa shape index (κ3) is 3.58. The molecule has 4 rings (SSSR count). The van der Waals surface area contributed by atoms with Gasteiger partial charge in [-0.1, -0.05) is 60.3 Å². The standard InChI is InChI=1S/C20H15N5S2/c21-12-16-4-1-2-5-17(16)15-9-7-14(8-10-15)13-27-20-24-23-19(25(20)22)18-6-3-11-26-18/h1-11H,13,22H2. The molecular formula is C20H15N5S2. The van der Waals surface area contributed by atoms with Gasteiger partial charge in [-0.25, -0.2) is 4.68 Å². The summed E-state index contributed by atoms with van der Waals surface area (Å²) in [5.74, 6) is 7.55. The van der Waals surface area contributed by atoms with E-state index in [0.717, 1.165) is 27.3 Å². The van der Waals surface area contributed by atoms with Crippen LogP contribution in [0.15, 0.2) is 71.2 Å². The van der Waals surface area contributed by atoms with E-state index in [1.807, 2.05) is 53.9 Å². The molecule has 7 heteroatoms. The molecule has 0 unspecified atom stereocenters. The number of hydrogen-bond donors (Lipinski definition) is 1. The summed E-state index contributed by atoms with van der Waals surface area (Å²) in [6.45, 7) is 0. The number of benzene rings is 2. The fourth-order valence-corrected chi connectivity index (χ4v) is 4.23. The lowest BCUT2D eigenvalue weighted by atomic mass is 10.00. The molecule has 132 valence electrons. The Morgan fingerprint density at radius 3 is 2.59 bits per heavy atom. The second kappa shape index (κ2) is 7.66. The fraction of sp³-hybridized carbons (Fsp3) is 0.0500. The van der Waals surface area contributed by atoms with Crippen LogP contribution in [0.2, 0.25) is 0 Å². The summed E-state index contributed by atoms with van der Waals surface area (Å²) in [4.78, 5) is 0.998. The SMILES string of the molecule is N#Cc1ccccc1-c1ccc(CSc2nnc(-c3cccs3)n2N)cc1. The van der Waals surface area contributed by atoms with E-state index in [1.54, 1.807) is 23.1 Å². The average Bonchev–Trinajstić information content (AvgIpc) is 3.36. The monoisotopic (exact) mass is 389 g/mol. The Labute approximate surface area is 165 Å². The maximum atomic E-state index is 9.26. The first kappa shape index (κ1) is 17.3. The Hall–Kier alpha value is -3.08. The van der Waals surface area contributed by atoms with Gasteiger partial charge in [0, 0.05) is 5.75 Å². The van der Waals surface area contributed by atoms with Crippen molar-refractivity contribution in [2.24, 2.45) is 0 Å². The van der Waals surface area contributed by atoms with Crippen molar-refractivity contribution < 1.29 is 0 Å². The smallest absolute Gasteiger partial charge is 0.210 e. The summed E-state index contributed by atoms with van der Waals surface area (Å²) >= 11 is 3.13. The van der Waals surface area contributed by atoms with Crippen molar-refractivity contribution in [2.45, 2.75) is 10.9 Å². The van der Waals surface area contributed by atoms with E-state index in [1.165, 1.54) is 4.68 Å². The predicted molar refractivity (Wildman–Crippen MR) is 110 cm³/mol. The van der Waals surface area contributed by atoms with Crippen LogP contribution >= 0.6 is 23.1 Å². The molecule has 0 saturated heterocycles. The quantitative estimate of drug-likeness (QED) is 0.400. The topological polar surface area (TPSA) is 80.5 Å². The number of hydrogen-bond acceptors (Lipinski definition) is 6. The second-order valence-electron chi connectivity index (χ2n) is 5.80. The van der Waals surface area contributed by atoms with E-state index in [4.69, 9.17) is 5.84 Å². The number of aromatic nitrogens is 3. The highest BCUT2D eigenvalue weighted by molar-refractivity contribution is 7.98. The number of thiophene rings is 1. The van der Waals surface area contributed by atoms with E-state index >= 15 is 0 Å². The van der Waals surface area contributed by atoms with Crippen LogP contribution in [0.4, 0.5) is 0 Å². The molecule has 0 saturated carbocycles. The minimum atomic E-state index is 0.677.